The predicted molar refractivity (Wildman–Crippen MR) is 109 cm³/mol. The Labute approximate surface area is 174 Å². The molecule has 30 heavy (non-hydrogen) atoms. The minimum absolute atomic E-state index is 0.0274. The van der Waals surface area contributed by atoms with E-state index in [0.717, 1.165) is 17.4 Å². The quantitative estimate of drug-likeness (QED) is 0.450. The standard InChI is InChI=1S/C21H18F2N2O4S/c1-3-28-15-6-4-5-12-9-16(29-19(12)15)20(26)24-21-25(7-8-27-2)18-14(23)10-13(22)11-17(18)30-21/h4-6,9-11H,3,7-8H2,1-2H3. The molecule has 0 atom stereocenters. The first-order valence-electron chi connectivity index (χ1n) is 9.23. The molecule has 2 heterocycles. The number of benzene rings is 2. The second kappa shape index (κ2) is 8.37. The van der Waals surface area contributed by atoms with Crippen molar-refractivity contribution in [3.8, 4) is 5.75 Å². The van der Waals surface area contributed by atoms with Crippen LogP contribution in [0.2, 0.25) is 0 Å². The Morgan fingerprint density at radius 2 is 2.10 bits per heavy atom. The molecule has 1 amide bonds. The van der Waals surface area contributed by atoms with Crippen molar-refractivity contribution >= 4 is 38.4 Å². The largest absolute Gasteiger partial charge is 0.490 e. The highest BCUT2D eigenvalue weighted by Crippen LogP contribution is 2.29. The summed E-state index contributed by atoms with van der Waals surface area (Å²) in [5.74, 6) is -1.49. The van der Waals surface area contributed by atoms with Gasteiger partial charge in [0, 0.05) is 25.1 Å². The van der Waals surface area contributed by atoms with Gasteiger partial charge in [-0.1, -0.05) is 23.5 Å². The summed E-state index contributed by atoms with van der Waals surface area (Å²) in [6, 6.07) is 8.95. The van der Waals surface area contributed by atoms with Crippen LogP contribution in [-0.4, -0.2) is 30.8 Å². The van der Waals surface area contributed by atoms with E-state index in [1.165, 1.54) is 17.7 Å². The number of para-hydroxylation sites is 1. The van der Waals surface area contributed by atoms with E-state index in [4.69, 9.17) is 13.9 Å². The number of methoxy groups -OCH3 is 1. The summed E-state index contributed by atoms with van der Waals surface area (Å²) in [4.78, 5) is 17.1. The van der Waals surface area contributed by atoms with Crippen LogP contribution in [0.5, 0.6) is 5.75 Å². The molecule has 6 nitrogen and oxygen atoms in total. The third kappa shape index (κ3) is 3.73. The zero-order valence-corrected chi connectivity index (χ0v) is 17.1. The van der Waals surface area contributed by atoms with Gasteiger partial charge in [-0.05, 0) is 25.1 Å². The Kier molecular flexibility index (Phi) is 5.65. The number of amides is 1. The summed E-state index contributed by atoms with van der Waals surface area (Å²) in [5, 5.41) is 0.705. The summed E-state index contributed by atoms with van der Waals surface area (Å²) in [5.41, 5.74) is 0.628. The summed E-state index contributed by atoms with van der Waals surface area (Å²) in [7, 11) is 1.51. The third-order valence-electron chi connectivity index (χ3n) is 4.43. The zero-order chi connectivity index (χ0) is 21.3. The van der Waals surface area contributed by atoms with E-state index in [1.54, 1.807) is 24.3 Å². The topological polar surface area (TPSA) is 66.0 Å². The SMILES string of the molecule is CCOc1cccc2cc(C(=O)N=c3sc4cc(F)cc(F)c4n3CCOC)oc12. The minimum Gasteiger partial charge on any atom is -0.490 e. The number of ether oxygens (including phenoxy) is 2. The first-order valence-corrected chi connectivity index (χ1v) is 10.0. The number of halogens is 2. The maximum atomic E-state index is 14.4. The Bertz CT molecular complexity index is 1310. The molecule has 0 bridgehead atoms. The molecule has 0 aliphatic heterocycles. The fourth-order valence-electron chi connectivity index (χ4n) is 3.16. The molecule has 0 aliphatic rings. The average molecular weight is 432 g/mol. The number of carbonyl (C=O) groups is 1. The molecule has 2 aromatic heterocycles. The second-order valence-electron chi connectivity index (χ2n) is 6.40. The van der Waals surface area contributed by atoms with Gasteiger partial charge >= 0.3 is 5.91 Å². The van der Waals surface area contributed by atoms with E-state index in [0.29, 0.717) is 28.0 Å². The fraction of sp³-hybridized carbons (Fsp3) is 0.238. The molecule has 2 aromatic carbocycles. The summed E-state index contributed by atoms with van der Waals surface area (Å²) < 4.78 is 46.2. The Balaban J connectivity index is 1.82. The Morgan fingerprint density at radius 1 is 1.27 bits per heavy atom. The molecule has 0 saturated heterocycles. The van der Waals surface area contributed by atoms with Crippen molar-refractivity contribution in [3.05, 3.63) is 58.6 Å². The lowest BCUT2D eigenvalue weighted by molar-refractivity contribution is 0.0973. The predicted octanol–water partition coefficient (Wildman–Crippen LogP) is 4.51. The van der Waals surface area contributed by atoms with Crippen molar-refractivity contribution in [2.24, 2.45) is 4.99 Å². The van der Waals surface area contributed by atoms with Crippen LogP contribution in [-0.2, 0) is 11.3 Å². The molecule has 0 N–H and O–H groups in total. The number of furan rings is 1. The van der Waals surface area contributed by atoms with E-state index in [2.05, 4.69) is 4.99 Å². The molecule has 0 aliphatic carbocycles. The monoisotopic (exact) mass is 432 g/mol. The van der Waals surface area contributed by atoms with Gasteiger partial charge in [-0.2, -0.15) is 4.99 Å². The van der Waals surface area contributed by atoms with Crippen LogP contribution in [0.1, 0.15) is 17.5 Å². The molecule has 0 saturated carbocycles. The van der Waals surface area contributed by atoms with Gasteiger partial charge in [0.2, 0.25) is 0 Å². The van der Waals surface area contributed by atoms with Crippen LogP contribution in [0.15, 0.2) is 45.8 Å². The number of hydrogen-bond donors (Lipinski definition) is 0. The number of aromatic nitrogens is 1. The number of fused-ring (bicyclic) bond motifs is 2. The van der Waals surface area contributed by atoms with E-state index in [-0.39, 0.29) is 29.2 Å². The number of nitrogens with zero attached hydrogens (tertiary/aromatic N) is 2. The lowest BCUT2D eigenvalue weighted by Crippen LogP contribution is -2.19. The van der Waals surface area contributed by atoms with Crippen molar-refractivity contribution in [1.82, 2.24) is 4.57 Å². The molecule has 4 aromatic rings. The van der Waals surface area contributed by atoms with Gasteiger partial charge in [-0.25, -0.2) is 8.78 Å². The zero-order valence-electron chi connectivity index (χ0n) is 16.3. The molecular weight excluding hydrogens is 414 g/mol. The molecule has 0 radical (unpaired) electrons. The van der Waals surface area contributed by atoms with Crippen LogP contribution < -0.4 is 9.54 Å². The summed E-state index contributed by atoms with van der Waals surface area (Å²) in [6.07, 6.45) is 0. The van der Waals surface area contributed by atoms with Crippen LogP contribution >= 0.6 is 11.3 Å². The average Bonchev–Trinajstić information content (AvgIpc) is 3.28. The van der Waals surface area contributed by atoms with E-state index in [1.807, 2.05) is 6.92 Å². The fourth-order valence-corrected chi connectivity index (χ4v) is 4.25. The molecule has 9 heteroatoms. The van der Waals surface area contributed by atoms with Gasteiger partial charge in [-0.3, -0.25) is 4.79 Å². The normalized spacial score (nSPS) is 12.2. The lowest BCUT2D eigenvalue weighted by Gasteiger charge is -2.05. The maximum absolute atomic E-state index is 14.4. The van der Waals surface area contributed by atoms with Crippen molar-refractivity contribution < 1.29 is 27.5 Å². The van der Waals surface area contributed by atoms with E-state index >= 15 is 0 Å². The highest BCUT2D eigenvalue weighted by molar-refractivity contribution is 7.16. The van der Waals surface area contributed by atoms with Gasteiger partial charge < -0.3 is 18.5 Å². The van der Waals surface area contributed by atoms with Gasteiger partial charge in [0.05, 0.1) is 23.4 Å². The van der Waals surface area contributed by atoms with Crippen LogP contribution in [0.25, 0.3) is 21.2 Å². The third-order valence-corrected chi connectivity index (χ3v) is 5.46. The van der Waals surface area contributed by atoms with Crippen LogP contribution in [0.3, 0.4) is 0 Å². The van der Waals surface area contributed by atoms with Crippen LogP contribution in [0.4, 0.5) is 8.78 Å². The number of hydrogen-bond acceptors (Lipinski definition) is 5. The molecule has 4 rings (SSSR count). The number of carbonyl (C=O) groups excluding carboxylic acids is 1. The van der Waals surface area contributed by atoms with Crippen LogP contribution in [0, 0.1) is 11.6 Å². The van der Waals surface area contributed by atoms with E-state index in [9.17, 15) is 13.6 Å². The number of rotatable bonds is 6. The highest BCUT2D eigenvalue weighted by Gasteiger charge is 2.17. The summed E-state index contributed by atoms with van der Waals surface area (Å²) >= 11 is 1.02. The number of thiazole rings is 1. The minimum atomic E-state index is -0.726. The molecule has 0 fully saturated rings. The van der Waals surface area contributed by atoms with E-state index < -0.39 is 17.5 Å². The molecular formula is C21H18F2N2O4S. The first kappa shape index (κ1) is 20.2. The maximum Gasteiger partial charge on any atom is 0.315 e. The van der Waals surface area contributed by atoms with Gasteiger partial charge in [0.15, 0.2) is 27.7 Å². The summed E-state index contributed by atoms with van der Waals surface area (Å²) in [6.45, 7) is 2.83. The first-order chi connectivity index (χ1) is 14.5. The van der Waals surface area contributed by atoms with Crippen molar-refractivity contribution in [3.63, 3.8) is 0 Å². The Hall–Kier alpha value is -3.04. The van der Waals surface area contributed by atoms with Gasteiger partial charge in [0.1, 0.15) is 5.82 Å². The smallest absolute Gasteiger partial charge is 0.315 e. The van der Waals surface area contributed by atoms with Gasteiger partial charge in [0.25, 0.3) is 0 Å². The second-order valence-corrected chi connectivity index (χ2v) is 7.41. The molecule has 0 spiro atoms. The van der Waals surface area contributed by atoms with Crippen molar-refractivity contribution in [2.45, 2.75) is 13.5 Å². The van der Waals surface area contributed by atoms with Gasteiger partial charge in [-0.15, -0.1) is 0 Å². The molecule has 156 valence electrons. The van der Waals surface area contributed by atoms with Crippen molar-refractivity contribution in [2.75, 3.05) is 20.3 Å². The highest BCUT2D eigenvalue weighted by atomic mass is 32.1. The Morgan fingerprint density at radius 3 is 2.87 bits per heavy atom. The lowest BCUT2D eigenvalue weighted by atomic mass is 10.2. The molecule has 0 unspecified atom stereocenters. The van der Waals surface area contributed by atoms with Crippen molar-refractivity contribution in [1.29, 1.82) is 0 Å².